The van der Waals surface area contributed by atoms with Gasteiger partial charge in [0.15, 0.2) is 9.84 Å². The minimum Gasteiger partial charge on any atom is -0.307 e. The molecule has 1 atom stereocenters. The molecule has 6 heteroatoms. The zero-order valence-corrected chi connectivity index (χ0v) is 11.9. The molecule has 106 valence electrons. The average molecular weight is 291 g/mol. The Morgan fingerprint density at radius 2 is 2.05 bits per heavy atom. The summed E-state index contributed by atoms with van der Waals surface area (Å²) in [5.74, 6) is 0.551. The van der Waals surface area contributed by atoms with Gasteiger partial charge in [-0.1, -0.05) is 12.1 Å². The predicted octanol–water partition coefficient (Wildman–Crippen LogP) is 1.30. The van der Waals surface area contributed by atoms with Gasteiger partial charge in [-0.15, -0.1) is 0 Å². The van der Waals surface area contributed by atoms with Crippen molar-refractivity contribution in [3.8, 4) is 0 Å². The summed E-state index contributed by atoms with van der Waals surface area (Å²) in [5, 5.41) is 3.28. The topological polar surface area (TPSA) is 72.0 Å². The quantitative estimate of drug-likeness (QED) is 0.923. The number of fused-ring (bicyclic) bond motifs is 1. The maximum absolute atomic E-state index is 11.6. The molecule has 1 saturated heterocycles. The molecule has 1 unspecified atom stereocenters. The molecule has 1 fully saturated rings. The molecule has 20 heavy (non-hydrogen) atoms. The summed E-state index contributed by atoms with van der Waals surface area (Å²) in [6.07, 6.45) is 3.39. The molecule has 2 heterocycles. The largest absolute Gasteiger partial charge is 0.307 e. The van der Waals surface area contributed by atoms with Crippen LogP contribution in [-0.2, 0) is 16.4 Å². The normalized spacial score (nSPS) is 21.9. The van der Waals surface area contributed by atoms with E-state index in [4.69, 9.17) is 0 Å². The van der Waals surface area contributed by atoms with Gasteiger partial charge in [-0.25, -0.2) is 13.4 Å². The summed E-state index contributed by atoms with van der Waals surface area (Å²) in [6.45, 7) is 0.554. The molecule has 1 aromatic carbocycles. The van der Waals surface area contributed by atoms with Crippen molar-refractivity contribution >= 4 is 20.9 Å². The van der Waals surface area contributed by atoms with Gasteiger partial charge >= 0.3 is 0 Å². The van der Waals surface area contributed by atoms with Crippen LogP contribution in [0, 0.1) is 0 Å². The lowest BCUT2D eigenvalue weighted by Gasteiger charge is -2.22. The van der Waals surface area contributed by atoms with Gasteiger partial charge < -0.3 is 5.32 Å². The minimum absolute atomic E-state index is 0.0296. The molecule has 2 aromatic rings. The van der Waals surface area contributed by atoms with Crippen LogP contribution in [0.2, 0.25) is 0 Å². The first-order valence-corrected chi connectivity index (χ1v) is 8.59. The summed E-state index contributed by atoms with van der Waals surface area (Å²) in [6, 6.07) is 7.75. The molecular weight excluding hydrogens is 274 g/mol. The first-order valence-electron chi connectivity index (χ1n) is 6.77. The number of aromatic nitrogens is 2. The summed E-state index contributed by atoms with van der Waals surface area (Å²) in [4.78, 5) is 8.87. The van der Waals surface area contributed by atoms with E-state index >= 15 is 0 Å². The average Bonchev–Trinajstić information content (AvgIpc) is 2.44. The third-order valence-corrected chi connectivity index (χ3v) is 5.35. The van der Waals surface area contributed by atoms with Gasteiger partial charge in [0.2, 0.25) is 0 Å². The van der Waals surface area contributed by atoms with Gasteiger partial charge in [0, 0.05) is 12.6 Å². The summed E-state index contributed by atoms with van der Waals surface area (Å²) < 4.78 is 23.2. The maximum Gasteiger partial charge on any atom is 0.151 e. The number of nitrogens with one attached hydrogen (secondary N) is 1. The molecule has 0 spiro atoms. The first-order chi connectivity index (χ1) is 9.62. The van der Waals surface area contributed by atoms with Crippen molar-refractivity contribution in [2.45, 2.75) is 25.4 Å². The zero-order chi connectivity index (χ0) is 14.0. The van der Waals surface area contributed by atoms with Crippen molar-refractivity contribution in [3.05, 3.63) is 36.2 Å². The molecular formula is C14H17N3O2S. The highest BCUT2D eigenvalue weighted by atomic mass is 32.2. The van der Waals surface area contributed by atoms with E-state index in [1.54, 1.807) is 6.20 Å². The van der Waals surface area contributed by atoms with Crippen molar-refractivity contribution in [1.29, 1.82) is 0 Å². The van der Waals surface area contributed by atoms with Crippen molar-refractivity contribution in [2.24, 2.45) is 0 Å². The molecule has 5 nitrogen and oxygen atoms in total. The van der Waals surface area contributed by atoms with Gasteiger partial charge in [-0.2, -0.15) is 0 Å². The van der Waals surface area contributed by atoms with Crippen LogP contribution in [0.5, 0.6) is 0 Å². The number of hydrogen-bond donors (Lipinski definition) is 1. The Hall–Kier alpha value is -1.53. The van der Waals surface area contributed by atoms with E-state index in [0.717, 1.165) is 29.6 Å². The lowest BCUT2D eigenvalue weighted by Crippen LogP contribution is -2.39. The van der Waals surface area contributed by atoms with Crippen LogP contribution < -0.4 is 5.32 Å². The first kappa shape index (κ1) is 13.5. The molecule has 0 radical (unpaired) electrons. The van der Waals surface area contributed by atoms with Crippen LogP contribution in [-0.4, -0.2) is 35.9 Å². The van der Waals surface area contributed by atoms with E-state index in [-0.39, 0.29) is 11.8 Å². The standard InChI is InChI=1S/C14H17N3O2S/c18-20(19)7-3-4-11(10-20)15-8-12-9-16-13-5-1-2-6-14(13)17-12/h1-2,5-6,9,11,15H,3-4,7-8,10H2. The molecule has 1 aromatic heterocycles. The summed E-state index contributed by atoms with van der Waals surface area (Å²) in [7, 11) is -2.87. The van der Waals surface area contributed by atoms with Crippen molar-refractivity contribution in [2.75, 3.05) is 11.5 Å². The molecule has 1 aliphatic rings. The van der Waals surface area contributed by atoms with Gasteiger partial charge in [0.25, 0.3) is 0 Å². The molecule has 1 aliphatic heterocycles. The number of nitrogens with zero attached hydrogens (tertiary/aromatic N) is 2. The molecule has 0 amide bonds. The number of rotatable bonds is 3. The third-order valence-electron chi connectivity index (χ3n) is 3.53. The maximum atomic E-state index is 11.6. The number of hydrogen-bond acceptors (Lipinski definition) is 5. The Bertz CT molecular complexity index is 715. The molecule has 0 saturated carbocycles. The highest BCUT2D eigenvalue weighted by Crippen LogP contribution is 2.13. The van der Waals surface area contributed by atoms with Crippen LogP contribution in [0.4, 0.5) is 0 Å². The minimum atomic E-state index is -2.87. The number of sulfone groups is 1. The fraction of sp³-hybridized carbons (Fsp3) is 0.429. The van der Waals surface area contributed by atoms with E-state index in [2.05, 4.69) is 15.3 Å². The summed E-state index contributed by atoms with van der Waals surface area (Å²) >= 11 is 0. The monoisotopic (exact) mass is 291 g/mol. The smallest absolute Gasteiger partial charge is 0.151 e. The lowest BCUT2D eigenvalue weighted by molar-refractivity contribution is 0.477. The SMILES string of the molecule is O=S1(=O)CCCC(NCc2cnc3ccccc3n2)C1. The second-order valence-electron chi connectivity index (χ2n) is 5.18. The Morgan fingerprint density at radius 3 is 2.85 bits per heavy atom. The third kappa shape index (κ3) is 3.13. The second-order valence-corrected chi connectivity index (χ2v) is 7.41. The van der Waals surface area contributed by atoms with E-state index in [0.29, 0.717) is 12.3 Å². The Labute approximate surface area is 118 Å². The fourth-order valence-corrected chi connectivity index (χ4v) is 4.18. The molecule has 3 rings (SSSR count). The predicted molar refractivity (Wildman–Crippen MR) is 78.1 cm³/mol. The van der Waals surface area contributed by atoms with Crippen LogP contribution >= 0.6 is 0 Å². The lowest BCUT2D eigenvalue weighted by atomic mass is 10.2. The van der Waals surface area contributed by atoms with Crippen molar-refractivity contribution in [1.82, 2.24) is 15.3 Å². The summed E-state index contributed by atoms with van der Waals surface area (Å²) in [5.41, 5.74) is 2.58. The molecule has 0 aliphatic carbocycles. The van der Waals surface area contributed by atoms with Crippen LogP contribution in [0.3, 0.4) is 0 Å². The van der Waals surface area contributed by atoms with E-state index < -0.39 is 9.84 Å². The van der Waals surface area contributed by atoms with Gasteiger partial charge in [0.1, 0.15) is 0 Å². The Kier molecular flexibility index (Phi) is 3.67. The van der Waals surface area contributed by atoms with Gasteiger partial charge in [0.05, 0.1) is 34.4 Å². The Morgan fingerprint density at radius 1 is 1.25 bits per heavy atom. The zero-order valence-electron chi connectivity index (χ0n) is 11.1. The van der Waals surface area contributed by atoms with Crippen molar-refractivity contribution in [3.63, 3.8) is 0 Å². The number of para-hydroxylation sites is 2. The van der Waals surface area contributed by atoms with Crippen LogP contribution in [0.1, 0.15) is 18.5 Å². The highest BCUT2D eigenvalue weighted by molar-refractivity contribution is 7.91. The van der Waals surface area contributed by atoms with E-state index in [1.165, 1.54) is 0 Å². The van der Waals surface area contributed by atoms with Crippen LogP contribution in [0.15, 0.2) is 30.5 Å². The highest BCUT2D eigenvalue weighted by Gasteiger charge is 2.24. The van der Waals surface area contributed by atoms with Crippen molar-refractivity contribution < 1.29 is 8.42 Å². The molecule has 0 bridgehead atoms. The Balaban J connectivity index is 1.67. The van der Waals surface area contributed by atoms with E-state index in [9.17, 15) is 8.42 Å². The van der Waals surface area contributed by atoms with Crippen LogP contribution in [0.25, 0.3) is 11.0 Å². The van der Waals surface area contributed by atoms with Gasteiger partial charge in [-0.3, -0.25) is 4.98 Å². The number of benzene rings is 1. The molecule has 1 N–H and O–H groups in total. The fourth-order valence-electron chi connectivity index (χ4n) is 2.51. The van der Waals surface area contributed by atoms with Gasteiger partial charge in [-0.05, 0) is 25.0 Å². The van der Waals surface area contributed by atoms with E-state index in [1.807, 2.05) is 24.3 Å². The second kappa shape index (κ2) is 5.46.